The predicted molar refractivity (Wildman–Crippen MR) is 183 cm³/mol. The lowest BCUT2D eigenvalue weighted by Crippen LogP contribution is -1.99. The summed E-state index contributed by atoms with van der Waals surface area (Å²) in [4.78, 5) is 5.15. The molecular weight excluding hydrogens is 559 g/mol. The van der Waals surface area contributed by atoms with Gasteiger partial charge in [-0.3, -0.25) is 0 Å². The normalized spacial score (nSPS) is 11.7. The van der Waals surface area contributed by atoms with Crippen LogP contribution in [0.2, 0.25) is 0 Å². The molecule has 0 aliphatic carbocycles. The standard InChI is InChI=1S/C32H27N3S3.C3H8/c1-18(2)27-13-15-29(36-27)22-10-11-23(32-31(22)33-38-34-32)30-16-14-28(37-30)20-9-12-26-24(17-20)21-7-5-6-8-25(21)35(26)19(3)4;1-3-2/h5-19H,1-4H3;3H2,1-2H3. The van der Waals surface area contributed by atoms with Gasteiger partial charge >= 0.3 is 0 Å². The molecule has 41 heavy (non-hydrogen) atoms. The Bertz CT molecular complexity index is 1970. The van der Waals surface area contributed by atoms with Gasteiger partial charge in [-0.1, -0.05) is 70.5 Å². The molecule has 208 valence electrons. The molecule has 0 fully saturated rings. The molecule has 7 aromatic rings. The number of hydrogen-bond donors (Lipinski definition) is 0. The lowest BCUT2D eigenvalue weighted by molar-refractivity contribution is 0.642. The van der Waals surface area contributed by atoms with E-state index >= 15 is 0 Å². The van der Waals surface area contributed by atoms with E-state index in [0.717, 1.165) is 16.6 Å². The first-order valence-electron chi connectivity index (χ1n) is 14.4. The van der Waals surface area contributed by atoms with Crippen molar-refractivity contribution in [3.63, 3.8) is 0 Å². The summed E-state index contributed by atoms with van der Waals surface area (Å²) >= 11 is 4.99. The van der Waals surface area contributed by atoms with Gasteiger partial charge in [-0.05, 0) is 67.8 Å². The van der Waals surface area contributed by atoms with Gasteiger partial charge in [0, 0.05) is 58.5 Å². The molecular formula is C35H35N3S3. The minimum Gasteiger partial charge on any atom is -0.338 e. The summed E-state index contributed by atoms with van der Waals surface area (Å²) in [6.07, 6.45) is 1.25. The van der Waals surface area contributed by atoms with Crippen LogP contribution < -0.4 is 0 Å². The quantitative estimate of drug-likeness (QED) is 0.199. The van der Waals surface area contributed by atoms with Crippen LogP contribution in [0.1, 0.15) is 64.8 Å². The molecule has 0 spiro atoms. The second-order valence-electron chi connectivity index (χ2n) is 11.1. The Morgan fingerprint density at radius 1 is 0.659 bits per heavy atom. The van der Waals surface area contributed by atoms with E-state index in [-0.39, 0.29) is 0 Å². The molecule has 0 saturated carbocycles. The van der Waals surface area contributed by atoms with Gasteiger partial charge in [-0.25, -0.2) is 0 Å². The minimum atomic E-state index is 0.403. The first kappa shape index (κ1) is 27.8. The smallest absolute Gasteiger partial charge is 0.114 e. The Kier molecular flexibility index (Phi) is 7.82. The highest BCUT2D eigenvalue weighted by Crippen LogP contribution is 2.43. The molecule has 0 radical (unpaired) electrons. The van der Waals surface area contributed by atoms with Crippen LogP contribution in [0.3, 0.4) is 0 Å². The number of rotatable bonds is 5. The van der Waals surface area contributed by atoms with Crippen LogP contribution in [0.15, 0.2) is 78.9 Å². The highest BCUT2D eigenvalue weighted by molar-refractivity contribution is 7.19. The summed E-state index contributed by atoms with van der Waals surface area (Å²) in [5.41, 5.74) is 8.18. The van der Waals surface area contributed by atoms with Crippen molar-refractivity contribution in [3.05, 3.63) is 83.7 Å². The second kappa shape index (κ2) is 11.5. The molecule has 3 nitrogen and oxygen atoms in total. The van der Waals surface area contributed by atoms with Gasteiger partial charge in [-0.15, -0.1) is 22.7 Å². The molecule has 4 aromatic heterocycles. The molecule has 0 aliphatic heterocycles. The molecule has 3 aromatic carbocycles. The summed E-state index contributed by atoms with van der Waals surface area (Å²) in [5, 5.41) is 2.63. The summed E-state index contributed by atoms with van der Waals surface area (Å²) in [6.45, 7) is 13.2. The van der Waals surface area contributed by atoms with Crippen molar-refractivity contribution in [1.82, 2.24) is 13.3 Å². The summed E-state index contributed by atoms with van der Waals surface area (Å²) in [7, 11) is 0. The van der Waals surface area contributed by atoms with Crippen molar-refractivity contribution in [1.29, 1.82) is 0 Å². The van der Waals surface area contributed by atoms with Crippen molar-refractivity contribution >= 4 is 67.2 Å². The summed E-state index contributed by atoms with van der Waals surface area (Å²) < 4.78 is 11.9. The van der Waals surface area contributed by atoms with Crippen LogP contribution in [-0.2, 0) is 0 Å². The molecule has 0 amide bonds. The Hall–Kier alpha value is -3.32. The zero-order valence-electron chi connectivity index (χ0n) is 24.4. The monoisotopic (exact) mass is 593 g/mol. The van der Waals surface area contributed by atoms with Crippen molar-refractivity contribution in [2.24, 2.45) is 0 Å². The molecule has 0 N–H and O–H groups in total. The van der Waals surface area contributed by atoms with Crippen LogP contribution in [0.5, 0.6) is 0 Å². The fraction of sp³-hybridized carbons (Fsp3) is 0.257. The second-order valence-corrected chi connectivity index (χ2v) is 13.8. The average molecular weight is 594 g/mol. The van der Waals surface area contributed by atoms with Gasteiger partial charge < -0.3 is 4.57 Å². The van der Waals surface area contributed by atoms with E-state index in [2.05, 4.69) is 125 Å². The maximum absolute atomic E-state index is 4.74. The molecule has 4 heterocycles. The van der Waals surface area contributed by atoms with Gasteiger partial charge in [0.1, 0.15) is 11.0 Å². The van der Waals surface area contributed by atoms with E-state index in [1.807, 2.05) is 22.7 Å². The number of fused-ring (bicyclic) bond motifs is 4. The fourth-order valence-corrected chi connectivity index (χ4v) is 8.06. The maximum Gasteiger partial charge on any atom is 0.114 e. The van der Waals surface area contributed by atoms with Crippen molar-refractivity contribution in [2.45, 2.75) is 59.9 Å². The third-order valence-electron chi connectivity index (χ3n) is 7.26. The Morgan fingerprint density at radius 3 is 1.93 bits per heavy atom. The van der Waals surface area contributed by atoms with Crippen LogP contribution >= 0.6 is 34.4 Å². The third kappa shape index (κ3) is 5.03. The maximum atomic E-state index is 4.74. The van der Waals surface area contributed by atoms with Crippen molar-refractivity contribution in [3.8, 4) is 31.3 Å². The topological polar surface area (TPSA) is 30.7 Å². The van der Waals surface area contributed by atoms with Crippen LogP contribution in [0, 0.1) is 0 Å². The van der Waals surface area contributed by atoms with E-state index in [1.165, 1.54) is 70.6 Å². The van der Waals surface area contributed by atoms with Crippen LogP contribution in [0.4, 0.5) is 0 Å². The Morgan fingerprint density at radius 2 is 1.27 bits per heavy atom. The van der Waals surface area contributed by atoms with Crippen LogP contribution in [0.25, 0.3) is 64.2 Å². The summed E-state index contributed by atoms with van der Waals surface area (Å²) in [5.74, 6) is 0.530. The number of benzene rings is 3. The SMILES string of the molecule is CC(C)c1ccc(-c2ccc(-c3ccc(-c4ccc5c(c4)c4ccccc4n5C(C)C)s3)c3nsnc23)s1.CCC. The third-order valence-corrected chi connectivity index (χ3v) is 10.4. The number of aromatic nitrogens is 3. The zero-order chi connectivity index (χ0) is 28.7. The molecule has 0 aliphatic rings. The predicted octanol–water partition coefficient (Wildman–Crippen LogP) is 12.0. The highest BCUT2D eigenvalue weighted by atomic mass is 32.1. The molecule has 0 unspecified atom stereocenters. The van der Waals surface area contributed by atoms with Crippen molar-refractivity contribution < 1.29 is 0 Å². The van der Waals surface area contributed by atoms with Gasteiger partial charge in [-0.2, -0.15) is 8.75 Å². The van der Waals surface area contributed by atoms with Gasteiger partial charge in [0.05, 0.1) is 11.7 Å². The number of para-hydroxylation sites is 1. The molecule has 0 atom stereocenters. The van der Waals surface area contributed by atoms with Gasteiger partial charge in [0.2, 0.25) is 0 Å². The summed E-state index contributed by atoms with van der Waals surface area (Å²) in [6, 6.07) is 29.5. The van der Waals surface area contributed by atoms with E-state index in [0.29, 0.717) is 12.0 Å². The van der Waals surface area contributed by atoms with Crippen molar-refractivity contribution in [2.75, 3.05) is 0 Å². The van der Waals surface area contributed by atoms with E-state index in [9.17, 15) is 0 Å². The van der Waals surface area contributed by atoms with E-state index < -0.39 is 0 Å². The Labute approximate surface area is 254 Å². The highest BCUT2D eigenvalue weighted by Gasteiger charge is 2.18. The molecule has 0 bridgehead atoms. The first-order chi connectivity index (χ1) is 19.9. The molecule has 6 heteroatoms. The average Bonchev–Trinajstić information content (AvgIpc) is 3.77. The minimum absolute atomic E-state index is 0.403. The number of thiophene rings is 2. The van der Waals surface area contributed by atoms with E-state index in [1.54, 1.807) is 0 Å². The molecule has 0 saturated heterocycles. The Balaban J connectivity index is 0.000000967. The van der Waals surface area contributed by atoms with Gasteiger partial charge in [0.15, 0.2) is 0 Å². The van der Waals surface area contributed by atoms with E-state index in [4.69, 9.17) is 8.75 Å². The van der Waals surface area contributed by atoms with Crippen LogP contribution in [-0.4, -0.2) is 13.3 Å². The number of hydrogen-bond acceptors (Lipinski definition) is 5. The lowest BCUT2D eigenvalue weighted by Gasteiger charge is -2.11. The van der Waals surface area contributed by atoms with Gasteiger partial charge in [0.25, 0.3) is 0 Å². The number of nitrogens with zero attached hydrogens (tertiary/aromatic N) is 3. The fourth-order valence-electron chi connectivity index (χ4n) is 5.42. The lowest BCUT2D eigenvalue weighted by atomic mass is 10.1. The first-order valence-corrected chi connectivity index (χ1v) is 16.8. The molecule has 7 rings (SSSR count). The zero-order valence-corrected chi connectivity index (χ0v) is 26.9. The largest absolute Gasteiger partial charge is 0.338 e.